The highest BCUT2D eigenvalue weighted by Crippen LogP contribution is 2.20. The van der Waals surface area contributed by atoms with Crippen LogP contribution in [0.3, 0.4) is 0 Å². The number of thiazole rings is 1. The van der Waals surface area contributed by atoms with Crippen LogP contribution in [0.25, 0.3) is 5.69 Å². The topological polar surface area (TPSA) is 50.0 Å². The number of nitrogens with one attached hydrogen (secondary N) is 2. The lowest BCUT2D eigenvalue weighted by Crippen LogP contribution is -2.31. The summed E-state index contributed by atoms with van der Waals surface area (Å²) in [4.78, 5) is 0.467. The van der Waals surface area contributed by atoms with Gasteiger partial charge in [-0.15, -0.1) is 11.3 Å². The quantitative estimate of drug-likeness (QED) is 0.862. The lowest BCUT2D eigenvalue weighted by atomic mass is 10.3. The molecule has 0 saturated carbocycles. The maximum atomic E-state index is 8.06. The van der Waals surface area contributed by atoms with E-state index in [1.807, 2.05) is 34.2 Å². The summed E-state index contributed by atoms with van der Waals surface area (Å²) in [6.45, 7) is 3.40. The predicted molar refractivity (Wildman–Crippen MR) is 82.7 cm³/mol. The summed E-state index contributed by atoms with van der Waals surface area (Å²) in [7, 11) is 1.69. The van der Waals surface area contributed by atoms with Gasteiger partial charge in [0.05, 0.1) is 17.3 Å². The van der Waals surface area contributed by atoms with Crippen molar-refractivity contribution in [1.29, 1.82) is 5.41 Å². The Labute approximate surface area is 127 Å². The summed E-state index contributed by atoms with van der Waals surface area (Å²) in [5, 5.41) is 14.1. The van der Waals surface area contributed by atoms with E-state index in [1.165, 1.54) is 11.3 Å². The number of halogens is 1. The largest absolute Gasteiger partial charge is 0.383 e. The van der Waals surface area contributed by atoms with Gasteiger partial charge < -0.3 is 10.1 Å². The van der Waals surface area contributed by atoms with E-state index in [-0.39, 0.29) is 6.04 Å². The van der Waals surface area contributed by atoms with Crippen LogP contribution in [0.1, 0.15) is 12.6 Å². The van der Waals surface area contributed by atoms with Crippen LogP contribution in [-0.2, 0) is 11.3 Å². The van der Waals surface area contributed by atoms with Crippen LogP contribution >= 0.6 is 22.9 Å². The van der Waals surface area contributed by atoms with Crippen molar-refractivity contribution in [2.45, 2.75) is 19.5 Å². The number of benzene rings is 1. The van der Waals surface area contributed by atoms with E-state index in [0.717, 1.165) is 11.4 Å². The standard InChI is InChI=1S/C14H18ClN3OS/c1-10(8-19-2)17-7-11-9-20-14(16)18(11)13-6-4-3-5-12(13)15/h3-6,9-10,16-17H,7-8H2,1-2H3. The number of hydrogen-bond donors (Lipinski definition) is 2. The van der Waals surface area contributed by atoms with Crippen LogP contribution in [0.2, 0.25) is 5.02 Å². The van der Waals surface area contributed by atoms with Gasteiger partial charge >= 0.3 is 0 Å². The summed E-state index contributed by atoms with van der Waals surface area (Å²) in [6.07, 6.45) is 0. The Morgan fingerprint density at radius 1 is 1.45 bits per heavy atom. The molecule has 0 amide bonds. The van der Waals surface area contributed by atoms with Crippen molar-refractivity contribution < 1.29 is 4.74 Å². The second-order valence-corrected chi connectivity index (χ2v) is 5.82. The zero-order chi connectivity index (χ0) is 14.5. The van der Waals surface area contributed by atoms with Crippen molar-refractivity contribution in [1.82, 2.24) is 9.88 Å². The second-order valence-electron chi connectivity index (χ2n) is 4.56. The molecule has 6 heteroatoms. The van der Waals surface area contributed by atoms with Crippen LogP contribution in [0.4, 0.5) is 0 Å². The molecule has 20 heavy (non-hydrogen) atoms. The third kappa shape index (κ3) is 3.49. The molecule has 0 aliphatic heterocycles. The predicted octanol–water partition coefficient (Wildman–Crippen LogP) is 2.80. The molecule has 0 aliphatic rings. The minimum Gasteiger partial charge on any atom is -0.383 e. The molecule has 0 fully saturated rings. The smallest absolute Gasteiger partial charge is 0.186 e. The first-order valence-corrected chi connectivity index (χ1v) is 7.60. The fourth-order valence-corrected chi connectivity index (χ4v) is 2.94. The number of nitrogens with zero attached hydrogens (tertiary/aromatic N) is 1. The molecule has 1 aromatic heterocycles. The van der Waals surface area contributed by atoms with Crippen molar-refractivity contribution in [3.8, 4) is 5.69 Å². The van der Waals surface area contributed by atoms with Gasteiger partial charge in [-0.3, -0.25) is 9.98 Å². The number of rotatable bonds is 6. The van der Waals surface area contributed by atoms with Crippen molar-refractivity contribution in [3.63, 3.8) is 0 Å². The van der Waals surface area contributed by atoms with Crippen molar-refractivity contribution in [2.75, 3.05) is 13.7 Å². The molecule has 4 nitrogen and oxygen atoms in total. The molecular weight excluding hydrogens is 294 g/mol. The van der Waals surface area contributed by atoms with Gasteiger partial charge in [-0.1, -0.05) is 23.7 Å². The van der Waals surface area contributed by atoms with Crippen molar-refractivity contribution in [3.05, 3.63) is 45.2 Å². The van der Waals surface area contributed by atoms with Gasteiger partial charge in [0.25, 0.3) is 0 Å². The molecule has 1 unspecified atom stereocenters. The Bertz CT molecular complexity index is 623. The normalized spacial score (nSPS) is 12.6. The Morgan fingerprint density at radius 3 is 2.90 bits per heavy atom. The first kappa shape index (κ1) is 15.3. The number of aromatic nitrogens is 1. The van der Waals surface area contributed by atoms with Crippen molar-refractivity contribution in [2.24, 2.45) is 0 Å². The molecule has 0 saturated heterocycles. The Kier molecular flexibility index (Phi) is 5.37. The average Bonchev–Trinajstić information content (AvgIpc) is 2.79. The molecule has 0 radical (unpaired) electrons. The highest BCUT2D eigenvalue weighted by atomic mass is 35.5. The van der Waals surface area contributed by atoms with E-state index in [4.69, 9.17) is 21.7 Å². The summed E-state index contributed by atoms with van der Waals surface area (Å²) in [5.41, 5.74) is 1.87. The van der Waals surface area contributed by atoms with Gasteiger partial charge in [-0.25, -0.2) is 0 Å². The molecule has 108 valence electrons. The number of methoxy groups -OCH3 is 1. The van der Waals surface area contributed by atoms with Gasteiger partial charge in [-0.2, -0.15) is 0 Å². The molecule has 1 aromatic carbocycles. The average molecular weight is 312 g/mol. The van der Waals surface area contributed by atoms with E-state index < -0.39 is 0 Å². The molecule has 0 spiro atoms. The van der Waals surface area contributed by atoms with E-state index in [9.17, 15) is 0 Å². The molecule has 1 heterocycles. The molecule has 0 bridgehead atoms. The Hall–Kier alpha value is -1.14. The Morgan fingerprint density at radius 2 is 2.20 bits per heavy atom. The maximum absolute atomic E-state index is 8.06. The highest BCUT2D eigenvalue weighted by molar-refractivity contribution is 7.07. The summed E-state index contributed by atoms with van der Waals surface area (Å²) in [6, 6.07) is 7.84. The van der Waals surface area contributed by atoms with E-state index in [1.54, 1.807) is 7.11 Å². The monoisotopic (exact) mass is 311 g/mol. The number of ether oxygens (including phenoxy) is 1. The lowest BCUT2D eigenvalue weighted by Gasteiger charge is -2.14. The molecule has 2 N–H and O–H groups in total. The third-order valence-electron chi connectivity index (χ3n) is 2.94. The first-order chi connectivity index (χ1) is 9.63. The van der Waals surface area contributed by atoms with Gasteiger partial charge in [-0.05, 0) is 19.1 Å². The van der Waals surface area contributed by atoms with Gasteiger partial charge in [0.2, 0.25) is 0 Å². The van der Waals surface area contributed by atoms with E-state index in [2.05, 4.69) is 12.2 Å². The van der Waals surface area contributed by atoms with Crippen LogP contribution in [0.15, 0.2) is 29.6 Å². The molecule has 2 rings (SSSR count). The summed E-state index contributed by atoms with van der Waals surface area (Å²) >= 11 is 7.63. The number of hydrogen-bond acceptors (Lipinski definition) is 4. The molecular formula is C14H18ClN3OS. The molecule has 2 aromatic rings. The van der Waals surface area contributed by atoms with Gasteiger partial charge in [0.15, 0.2) is 4.80 Å². The summed E-state index contributed by atoms with van der Waals surface area (Å²) in [5.74, 6) is 0. The third-order valence-corrected chi connectivity index (χ3v) is 4.05. The minimum absolute atomic E-state index is 0.258. The summed E-state index contributed by atoms with van der Waals surface area (Å²) < 4.78 is 6.98. The van der Waals surface area contributed by atoms with E-state index >= 15 is 0 Å². The van der Waals surface area contributed by atoms with Crippen LogP contribution in [0.5, 0.6) is 0 Å². The second kappa shape index (κ2) is 7.04. The fraction of sp³-hybridized carbons (Fsp3) is 0.357. The zero-order valence-corrected chi connectivity index (χ0v) is 13.1. The fourth-order valence-electron chi connectivity index (χ4n) is 1.97. The number of para-hydroxylation sites is 1. The van der Waals surface area contributed by atoms with Crippen LogP contribution < -0.4 is 10.1 Å². The van der Waals surface area contributed by atoms with Crippen LogP contribution in [-0.4, -0.2) is 24.3 Å². The SMILES string of the molecule is COCC(C)NCc1csc(=N)n1-c1ccccc1Cl. The Balaban J connectivity index is 2.25. The zero-order valence-electron chi connectivity index (χ0n) is 11.5. The van der Waals surface area contributed by atoms with Gasteiger partial charge in [0.1, 0.15) is 0 Å². The van der Waals surface area contributed by atoms with Crippen molar-refractivity contribution >= 4 is 22.9 Å². The maximum Gasteiger partial charge on any atom is 0.186 e. The lowest BCUT2D eigenvalue weighted by molar-refractivity contribution is 0.171. The van der Waals surface area contributed by atoms with Gasteiger partial charge in [0, 0.05) is 30.8 Å². The molecule has 0 aliphatic carbocycles. The molecule has 1 atom stereocenters. The first-order valence-electron chi connectivity index (χ1n) is 6.34. The highest BCUT2D eigenvalue weighted by Gasteiger charge is 2.10. The van der Waals surface area contributed by atoms with E-state index in [0.29, 0.717) is 23.0 Å². The minimum atomic E-state index is 0.258. The van der Waals surface area contributed by atoms with Crippen LogP contribution in [0, 0.1) is 5.41 Å².